The summed E-state index contributed by atoms with van der Waals surface area (Å²) in [6.45, 7) is 9.82. The zero-order valence-corrected chi connectivity index (χ0v) is 33.8. The van der Waals surface area contributed by atoms with E-state index in [1.807, 2.05) is 6.92 Å². The first kappa shape index (κ1) is 48.2. The van der Waals surface area contributed by atoms with Gasteiger partial charge in [-0.05, 0) is 19.3 Å². The Bertz CT molecular complexity index is 616. The summed E-state index contributed by atoms with van der Waals surface area (Å²) in [5, 5.41) is 2.78. The van der Waals surface area contributed by atoms with Gasteiger partial charge >= 0.3 is 6.09 Å². The predicted octanol–water partition coefficient (Wildman–Crippen LogP) is 14.4. The number of amides is 1. The smallest absolute Gasteiger partial charge is 0.407 e. The Hall–Kier alpha value is -0.810. The van der Waals surface area contributed by atoms with E-state index in [1.54, 1.807) is 0 Å². The van der Waals surface area contributed by atoms with Gasteiger partial charge < -0.3 is 19.5 Å². The summed E-state index contributed by atoms with van der Waals surface area (Å²) in [6, 6.07) is 0. The van der Waals surface area contributed by atoms with Crippen LogP contribution in [0.4, 0.5) is 4.79 Å². The zero-order chi connectivity index (χ0) is 35.6. The fraction of sp³-hybridized carbons (Fsp3) is 0.977. The van der Waals surface area contributed by atoms with Crippen molar-refractivity contribution in [1.29, 1.82) is 0 Å². The third kappa shape index (κ3) is 41.5. The third-order valence-electron chi connectivity index (χ3n) is 9.99. The van der Waals surface area contributed by atoms with Gasteiger partial charge in [-0.25, -0.2) is 4.79 Å². The molecule has 0 radical (unpaired) electrons. The van der Waals surface area contributed by atoms with Crippen LogP contribution in [0.2, 0.25) is 0 Å². The molecule has 0 fully saturated rings. The van der Waals surface area contributed by atoms with E-state index in [0.29, 0.717) is 26.2 Å². The molecule has 1 atom stereocenters. The highest BCUT2D eigenvalue weighted by Crippen LogP contribution is 2.16. The molecule has 0 aromatic rings. The first-order valence-electron chi connectivity index (χ1n) is 22.3. The van der Waals surface area contributed by atoms with E-state index in [9.17, 15) is 4.79 Å². The summed E-state index contributed by atoms with van der Waals surface area (Å²) in [4.78, 5) is 11.8. The minimum absolute atomic E-state index is 0.00336. The van der Waals surface area contributed by atoms with Crippen molar-refractivity contribution in [2.24, 2.45) is 0 Å². The van der Waals surface area contributed by atoms with Crippen molar-refractivity contribution in [3.05, 3.63) is 0 Å². The number of ether oxygens (including phenoxy) is 3. The maximum absolute atomic E-state index is 11.8. The predicted molar refractivity (Wildman–Crippen MR) is 214 cm³/mol. The van der Waals surface area contributed by atoms with Gasteiger partial charge in [0.1, 0.15) is 0 Å². The molecule has 0 aliphatic rings. The van der Waals surface area contributed by atoms with Crippen LogP contribution in [-0.2, 0) is 14.2 Å². The molecule has 5 nitrogen and oxygen atoms in total. The first-order valence-corrected chi connectivity index (χ1v) is 22.3. The van der Waals surface area contributed by atoms with Crippen molar-refractivity contribution in [3.8, 4) is 0 Å². The minimum Gasteiger partial charge on any atom is -0.449 e. The number of rotatable bonds is 42. The van der Waals surface area contributed by atoms with Crippen LogP contribution in [0.3, 0.4) is 0 Å². The second kappa shape index (κ2) is 43.4. The summed E-state index contributed by atoms with van der Waals surface area (Å²) in [5.41, 5.74) is 0. The molecule has 0 spiro atoms. The number of hydrogen-bond acceptors (Lipinski definition) is 4. The maximum atomic E-state index is 11.8. The quantitative estimate of drug-likeness (QED) is 0.0646. The molecule has 5 heteroatoms. The zero-order valence-electron chi connectivity index (χ0n) is 33.8. The molecule has 0 aliphatic carbocycles. The van der Waals surface area contributed by atoms with Gasteiger partial charge in [-0.3, -0.25) is 0 Å². The van der Waals surface area contributed by atoms with Crippen LogP contribution in [0.25, 0.3) is 0 Å². The molecule has 0 aromatic heterocycles. The monoisotopic (exact) mass is 696 g/mol. The van der Waals surface area contributed by atoms with Crippen LogP contribution < -0.4 is 5.32 Å². The Balaban J connectivity index is 3.79. The lowest BCUT2D eigenvalue weighted by atomic mass is 10.0. The average molecular weight is 696 g/mol. The van der Waals surface area contributed by atoms with Gasteiger partial charge in [0.15, 0.2) is 0 Å². The molecule has 1 N–H and O–H groups in total. The first-order chi connectivity index (χ1) is 24.2. The number of carbonyl (C=O) groups is 1. The largest absolute Gasteiger partial charge is 0.449 e. The number of unbranched alkanes of at least 4 members (excludes halogenated alkanes) is 30. The van der Waals surface area contributed by atoms with E-state index < -0.39 is 0 Å². The standard InChI is InChI=1S/C44H89NO4/c1-4-7-9-11-13-15-17-19-21-23-25-27-29-31-33-35-39-47-42-43(37-41-49-44(46)45-38-6-3)48-40-36-34-32-30-28-26-24-22-20-18-16-14-12-10-8-5-2/h43H,4-42H2,1-3H3,(H,45,46)/t43-/m0/s1. The number of carbonyl (C=O) groups excluding carboxylic acids is 1. The van der Waals surface area contributed by atoms with Crippen LogP contribution in [0.1, 0.15) is 239 Å². The molecule has 0 rings (SSSR count). The normalized spacial score (nSPS) is 12.1. The van der Waals surface area contributed by atoms with Crippen molar-refractivity contribution in [1.82, 2.24) is 5.32 Å². The fourth-order valence-electron chi connectivity index (χ4n) is 6.64. The highest BCUT2D eigenvalue weighted by Gasteiger charge is 2.11. The molecule has 0 aliphatic heterocycles. The van der Waals surface area contributed by atoms with Crippen LogP contribution in [0.15, 0.2) is 0 Å². The molecule has 0 saturated heterocycles. The van der Waals surface area contributed by atoms with Crippen LogP contribution >= 0.6 is 0 Å². The highest BCUT2D eigenvalue weighted by molar-refractivity contribution is 5.66. The van der Waals surface area contributed by atoms with Crippen molar-refractivity contribution in [2.75, 3.05) is 33.0 Å². The summed E-state index contributed by atoms with van der Waals surface area (Å²) in [6.07, 6.45) is 45.4. The summed E-state index contributed by atoms with van der Waals surface area (Å²) in [5.74, 6) is 0. The molecule has 0 saturated carbocycles. The third-order valence-corrected chi connectivity index (χ3v) is 9.99. The summed E-state index contributed by atoms with van der Waals surface area (Å²) in [7, 11) is 0. The lowest BCUT2D eigenvalue weighted by Gasteiger charge is -2.18. The van der Waals surface area contributed by atoms with Crippen molar-refractivity contribution in [2.45, 2.75) is 245 Å². The molecule has 49 heavy (non-hydrogen) atoms. The van der Waals surface area contributed by atoms with Gasteiger partial charge in [-0.2, -0.15) is 0 Å². The molecular weight excluding hydrogens is 606 g/mol. The second-order valence-electron chi connectivity index (χ2n) is 15.0. The van der Waals surface area contributed by atoms with Gasteiger partial charge in [-0.15, -0.1) is 0 Å². The van der Waals surface area contributed by atoms with Crippen LogP contribution in [0.5, 0.6) is 0 Å². The minimum atomic E-state index is -0.326. The Kier molecular flexibility index (Phi) is 42.6. The number of nitrogens with one attached hydrogen (secondary N) is 1. The van der Waals surface area contributed by atoms with Gasteiger partial charge in [0.2, 0.25) is 0 Å². The fourth-order valence-corrected chi connectivity index (χ4v) is 6.64. The van der Waals surface area contributed by atoms with E-state index >= 15 is 0 Å². The Morgan fingerprint density at radius 3 is 1.14 bits per heavy atom. The molecule has 0 unspecified atom stereocenters. The summed E-state index contributed by atoms with van der Waals surface area (Å²) < 4.78 is 17.6. The van der Waals surface area contributed by atoms with E-state index in [2.05, 4.69) is 19.2 Å². The van der Waals surface area contributed by atoms with Crippen LogP contribution in [-0.4, -0.2) is 45.2 Å². The molecule has 1 amide bonds. The Morgan fingerprint density at radius 1 is 0.429 bits per heavy atom. The number of alkyl carbamates (subject to hydrolysis) is 1. The molecule has 0 bridgehead atoms. The second-order valence-corrected chi connectivity index (χ2v) is 15.0. The average Bonchev–Trinajstić information content (AvgIpc) is 3.11. The molecule has 294 valence electrons. The highest BCUT2D eigenvalue weighted by atomic mass is 16.6. The van der Waals surface area contributed by atoms with E-state index in [4.69, 9.17) is 14.2 Å². The molecular formula is C44H89NO4. The lowest BCUT2D eigenvalue weighted by Crippen LogP contribution is -2.28. The van der Waals surface area contributed by atoms with Gasteiger partial charge in [0.05, 0.1) is 19.3 Å². The van der Waals surface area contributed by atoms with Crippen molar-refractivity contribution in [3.63, 3.8) is 0 Å². The number of hydrogen-bond donors (Lipinski definition) is 1. The van der Waals surface area contributed by atoms with Crippen molar-refractivity contribution >= 4 is 6.09 Å². The van der Waals surface area contributed by atoms with Crippen LogP contribution in [0, 0.1) is 0 Å². The Morgan fingerprint density at radius 2 is 0.776 bits per heavy atom. The van der Waals surface area contributed by atoms with Gasteiger partial charge in [-0.1, -0.05) is 213 Å². The van der Waals surface area contributed by atoms with E-state index in [0.717, 1.165) is 32.5 Å². The SMILES string of the molecule is CCCCCCCCCCCCCCCCCCOC[C@H](CCOC(=O)NCCC)OCCCCCCCCCCCCCCCCCC. The molecule has 0 aromatic carbocycles. The van der Waals surface area contributed by atoms with Gasteiger partial charge in [0, 0.05) is 26.2 Å². The maximum Gasteiger partial charge on any atom is 0.407 e. The topological polar surface area (TPSA) is 56.8 Å². The van der Waals surface area contributed by atoms with E-state index in [-0.39, 0.29) is 12.2 Å². The van der Waals surface area contributed by atoms with Gasteiger partial charge in [0.25, 0.3) is 0 Å². The lowest BCUT2D eigenvalue weighted by molar-refractivity contribution is -0.0298. The van der Waals surface area contributed by atoms with E-state index in [1.165, 1.54) is 193 Å². The van der Waals surface area contributed by atoms with Crippen molar-refractivity contribution < 1.29 is 19.0 Å². The Labute approximate surface area is 307 Å². The molecule has 0 heterocycles. The summed E-state index contributed by atoms with van der Waals surface area (Å²) >= 11 is 0.